The largest absolute Gasteiger partial charge is 0.491 e. The molecule has 0 radical (unpaired) electrons. The zero-order valence-electron chi connectivity index (χ0n) is 15.7. The first-order valence-electron chi connectivity index (χ1n) is 9.00. The van der Waals surface area contributed by atoms with E-state index in [9.17, 15) is 4.79 Å². The summed E-state index contributed by atoms with van der Waals surface area (Å²) >= 11 is 1.55. The highest BCUT2D eigenvalue weighted by molar-refractivity contribution is 8.01. The minimum Gasteiger partial charge on any atom is -0.491 e. The maximum Gasteiger partial charge on any atom is 0.249 e. The van der Waals surface area contributed by atoms with E-state index in [0.29, 0.717) is 12.4 Å². The van der Waals surface area contributed by atoms with Crippen LogP contribution in [-0.2, 0) is 4.79 Å². The number of carbonyl (C=O) groups is 1. The summed E-state index contributed by atoms with van der Waals surface area (Å²) in [7, 11) is 4.01. The van der Waals surface area contributed by atoms with Crippen molar-refractivity contribution in [2.24, 2.45) is 5.73 Å². The summed E-state index contributed by atoms with van der Waals surface area (Å²) in [4.78, 5) is 18.3. The van der Waals surface area contributed by atoms with Gasteiger partial charge in [0.05, 0.1) is 17.8 Å². The van der Waals surface area contributed by atoms with Crippen LogP contribution in [0.2, 0.25) is 0 Å². The normalized spacial score (nSPS) is 20.6. The van der Waals surface area contributed by atoms with Crippen LogP contribution in [0.5, 0.6) is 5.75 Å². The van der Waals surface area contributed by atoms with Crippen LogP contribution in [-0.4, -0.2) is 60.2 Å². The van der Waals surface area contributed by atoms with Crippen molar-refractivity contribution in [1.29, 1.82) is 0 Å². The lowest BCUT2D eigenvalue weighted by atomic mass is 9.86. The van der Waals surface area contributed by atoms with E-state index in [1.165, 1.54) is 0 Å². The molecule has 2 heterocycles. The summed E-state index contributed by atoms with van der Waals surface area (Å²) in [6, 6.07) is 13.8. The van der Waals surface area contributed by atoms with Crippen LogP contribution < -0.4 is 15.8 Å². The number of nitrogens with two attached hydrogens (primary N) is 1. The van der Waals surface area contributed by atoms with E-state index < -0.39 is 4.87 Å². The van der Waals surface area contributed by atoms with E-state index in [0.717, 1.165) is 30.1 Å². The van der Waals surface area contributed by atoms with Gasteiger partial charge >= 0.3 is 0 Å². The fourth-order valence-electron chi connectivity index (χ4n) is 3.24. The Hall–Kier alpha value is -2.09. The maximum atomic E-state index is 12.5. The molecule has 0 aliphatic carbocycles. The summed E-state index contributed by atoms with van der Waals surface area (Å²) in [5.74, 6) is 0.900. The molecule has 27 heavy (non-hydrogen) atoms. The van der Waals surface area contributed by atoms with Gasteiger partial charge in [-0.3, -0.25) is 15.1 Å². The molecule has 1 fully saturated rings. The highest BCUT2D eigenvalue weighted by Gasteiger charge is 2.49. The second kappa shape index (κ2) is 8.73. The molecule has 3 N–H and O–H groups in total. The Morgan fingerprint density at radius 3 is 2.67 bits per heavy atom. The number of likely N-dealkylation sites (N-methyl/N-ethyl adjacent to an activating group) is 1. The van der Waals surface area contributed by atoms with Crippen LogP contribution in [0, 0.1) is 0 Å². The molecule has 1 saturated heterocycles. The summed E-state index contributed by atoms with van der Waals surface area (Å²) in [6.07, 6.45) is 1.72. The van der Waals surface area contributed by atoms with Gasteiger partial charge in [0, 0.05) is 18.8 Å². The number of ether oxygens (including phenoxy) is 1. The van der Waals surface area contributed by atoms with E-state index in [-0.39, 0.29) is 11.8 Å². The molecule has 3 rings (SSSR count). The molecule has 1 aliphatic heterocycles. The molecule has 0 spiro atoms. The molecular formula is C20H26N4O2S. The molecule has 0 bridgehead atoms. The van der Waals surface area contributed by atoms with Crippen LogP contribution in [0.25, 0.3) is 0 Å². The van der Waals surface area contributed by atoms with Gasteiger partial charge in [0.2, 0.25) is 5.91 Å². The van der Waals surface area contributed by atoms with Crippen LogP contribution in [0.4, 0.5) is 0 Å². The van der Waals surface area contributed by atoms with Gasteiger partial charge in [-0.05, 0) is 31.8 Å². The van der Waals surface area contributed by atoms with Crippen LogP contribution >= 0.6 is 11.8 Å². The Balaban J connectivity index is 1.91. The summed E-state index contributed by atoms with van der Waals surface area (Å²) in [6.45, 7) is 2.17. The molecule has 144 valence electrons. The first-order chi connectivity index (χ1) is 13.0. The number of carbonyl (C=O) groups excluding carboxylic acids is 1. The lowest BCUT2D eigenvalue weighted by molar-refractivity contribution is -0.121. The number of pyridine rings is 1. The number of thioether (sulfide) groups is 1. The first-order valence-corrected chi connectivity index (χ1v) is 9.99. The second-order valence-corrected chi connectivity index (χ2v) is 8.13. The minimum atomic E-state index is -0.901. The van der Waals surface area contributed by atoms with Crippen molar-refractivity contribution >= 4 is 17.7 Å². The van der Waals surface area contributed by atoms with Crippen molar-refractivity contribution in [2.45, 2.75) is 10.8 Å². The number of aromatic nitrogens is 1. The molecule has 2 atom stereocenters. The van der Waals surface area contributed by atoms with E-state index >= 15 is 0 Å². The third-order valence-electron chi connectivity index (χ3n) is 4.59. The number of rotatable bonds is 8. The number of amides is 1. The number of hydrogen-bond donors (Lipinski definition) is 2. The Labute approximate surface area is 164 Å². The van der Waals surface area contributed by atoms with Crippen molar-refractivity contribution in [3.8, 4) is 5.75 Å². The SMILES string of the molecule is CN(C)CCOc1ccc([C@@H](c2ccccc2)C2(C(N)=O)NCCS2)nc1. The van der Waals surface area contributed by atoms with E-state index in [1.54, 1.807) is 18.0 Å². The average molecular weight is 387 g/mol. The van der Waals surface area contributed by atoms with Crippen molar-refractivity contribution in [2.75, 3.05) is 39.5 Å². The highest BCUT2D eigenvalue weighted by Crippen LogP contribution is 2.43. The fourth-order valence-corrected chi connectivity index (χ4v) is 4.53. The summed E-state index contributed by atoms with van der Waals surface area (Å²) < 4.78 is 5.74. The van der Waals surface area contributed by atoms with Gasteiger partial charge in [-0.2, -0.15) is 0 Å². The third kappa shape index (κ3) is 4.43. The van der Waals surface area contributed by atoms with Gasteiger partial charge in [-0.25, -0.2) is 0 Å². The molecule has 2 aromatic rings. The predicted octanol–water partition coefficient (Wildman–Crippen LogP) is 1.67. The maximum absolute atomic E-state index is 12.5. The second-order valence-electron chi connectivity index (χ2n) is 6.79. The molecule has 1 aromatic heterocycles. The number of nitrogens with one attached hydrogen (secondary N) is 1. The first kappa shape index (κ1) is 19.7. The Morgan fingerprint density at radius 2 is 2.11 bits per heavy atom. The Morgan fingerprint density at radius 1 is 1.33 bits per heavy atom. The van der Waals surface area contributed by atoms with Crippen molar-refractivity contribution in [3.63, 3.8) is 0 Å². The molecule has 1 unspecified atom stereocenters. The van der Waals surface area contributed by atoms with Crippen LogP contribution in [0.1, 0.15) is 17.2 Å². The molecule has 7 heteroatoms. The lowest BCUT2D eigenvalue weighted by Crippen LogP contribution is -2.54. The fraction of sp³-hybridized carbons (Fsp3) is 0.400. The average Bonchev–Trinajstić information content (AvgIpc) is 3.15. The van der Waals surface area contributed by atoms with Gasteiger partial charge in [0.1, 0.15) is 12.4 Å². The zero-order valence-corrected chi connectivity index (χ0v) is 16.5. The molecule has 6 nitrogen and oxygen atoms in total. The van der Waals surface area contributed by atoms with Crippen LogP contribution in [0.3, 0.4) is 0 Å². The molecule has 1 amide bonds. The van der Waals surface area contributed by atoms with Gasteiger partial charge in [0.25, 0.3) is 0 Å². The molecule has 1 aromatic carbocycles. The molecule has 1 aliphatic rings. The highest BCUT2D eigenvalue weighted by atomic mass is 32.2. The van der Waals surface area contributed by atoms with Gasteiger partial charge < -0.3 is 15.4 Å². The van der Waals surface area contributed by atoms with Crippen molar-refractivity contribution in [3.05, 3.63) is 59.9 Å². The smallest absolute Gasteiger partial charge is 0.249 e. The van der Waals surface area contributed by atoms with Crippen molar-refractivity contribution in [1.82, 2.24) is 15.2 Å². The Kier molecular flexibility index (Phi) is 6.36. The van der Waals surface area contributed by atoms with E-state index in [2.05, 4.69) is 15.2 Å². The quantitative estimate of drug-likeness (QED) is 0.718. The van der Waals surface area contributed by atoms with Crippen molar-refractivity contribution < 1.29 is 9.53 Å². The summed E-state index contributed by atoms with van der Waals surface area (Å²) in [5, 5.41) is 3.34. The van der Waals surface area contributed by atoms with Gasteiger partial charge in [-0.15, -0.1) is 11.8 Å². The number of hydrogen-bond acceptors (Lipinski definition) is 6. The van der Waals surface area contributed by atoms with Crippen LogP contribution in [0.15, 0.2) is 48.7 Å². The van der Waals surface area contributed by atoms with Gasteiger partial charge in [-0.1, -0.05) is 30.3 Å². The molecule has 0 saturated carbocycles. The van der Waals surface area contributed by atoms with E-state index in [4.69, 9.17) is 10.5 Å². The summed E-state index contributed by atoms with van der Waals surface area (Å²) in [5.41, 5.74) is 7.65. The number of primary amides is 1. The Bertz CT molecular complexity index is 746. The van der Waals surface area contributed by atoms with E-state index in [1.807, 2.05) is 56.6 Å². The predicted molar refractivity (Wildman–Crippen MR) is 109 cm³/mol. The monoisotopic (exact) mass is 386 g/mol. The standard InChI is InChI=1S/C20H26N4O2S/c1-24(2)11-12-26-16-8-9-17(22-14-16)18(15-6-4-3-5-7-15)20(19(21)25)23-10-13-27-20/h3-9,14,18,23H,10-13H2,1-2H3,(H2,21,25)/t18-,20?/m1/s1. The zero-order chi connectivity index (χ0) is 19.3. The molecular weight excluding hydrogens is 360 g/mol. The minimum absolute atomic E-state index is 0.278. The number of benzene rings is 1. The topological polar surface area (TPSA) is 80.5 Å². The van der Waals surface area contributed by atoms with Gasteiger partial charge in [0.15, 0.2) is 4.87 Å². The number of nitrogens with zero attached hydrogens (tertiary/aromatic N) is 2. The third-order valence-corrected chi connectivity index (χ3v) is 6.03. The lowest BCUT2D eigenvalue weighted by Gasteiger charge is -2.34.